The Kier molecular flexibility index (Phi) is 4.34. The van der Waals surface area contributed by atoms with Gasteiger partial charge in [-0.1, -0.05) is 0 Å². The van der Waals surface area contributed by atoms with Crippen LogP contribution in [0.3, 0.4) is 0 Å². The summed E-state index contributed by atoms with van der Waals surface area (Å²) in [6.45, 7) is 7.28. The monoisotopic (exact) mass is 323 g/mol. The Morgan fingerprint density at radius 3 is 2.78 bits per heavy atom. The van der Waals surface area contributed by atoms with Crippen molar-refractivity contribution in [1.29, 1.82) is 0 Å². The molecule has 6 heteroatoms. The molecule has 4 fully saturated rings. The van der Waals surface area contributed by atoms with E-state index < -0.39 is 0 Å². The van der Waals surface area contributed by atoms with E-state index in [-0.39, 0.29) is 17.6 Å². The highest BCUT2D eigenvalue weighted by Gasteiger charge is 2.49. The van der Waals surface area contributed by atoms with Crippen LogP contribution in [0, 0.1) is 0 Å². The van der Waals surface area contributed by atoms with E-state index in [4.69, 9.17) is 9.47 Å². The fourth-order valence-corrected chi connectivity index (χ4v) is 4.85. The summed E-state index contributed by atoms with van der Waals surface area (Å²) in [5, 5.41) is 3.27. The van der Waals surface area contributed by atoms with Crippen molar-refractivity contribution in [3.8, 4) is 0 Å². The van der Waals surface area contributed by atoms with Gasteiger partial charge in [0, 0.05) is 37.1 Å². The lowest BCUT2D eigenvalue weighted by molar-refractivity contribution is -0.152. The number of hydrogen-bond acceptors (Lipinski definition) is 5. The van der Waals surface area contributed by atoms with Gasteiger partial charge < -0.3 is 14.8 Å². The van der Waals surface area contributed by atoms with E-state index in [2.05, 4.69) is 22.0 Å². The van der Waals surface area contributed by atoms with Gasteiger partial charge in [0.15, 0.2) is 0 Å². The fourth-order valence-electron chi connectivity index (χ4n) is 4.85. The van der Waals surface area contributed by atoms with Crippen LogP contribution in [0.5, 0.6) is 0 Å². The lowest BCUT2D eigenvalue weighted by Crippen LogP contribution is -2.69. The maximum atomic E-state index is 12.4. The molecule has 4 rings (SSSR count). The molecule has 6 nitrogen and oxygen atoms in total. The van der Waals surface area contributed by atoms with Crippen LogP contribution >= 0.6 is 0 Å². The van der Waals surface area contributed by atoms with Gasteiger partial charge >= 0.3 is 0 Å². The van der Waals surface area contributed by atoms with Crippen LogP contribution in [0.15, 0.2) is 0 Å². The Bertz CT molecular complexity index is 454. The number of rotatable bonds is 2. The number of amides is 1. The highest BCUT2D eigenvalue weighted by molar-refractivity contribution is 5.77. The standard InChI is InChI=1S/C17H29N3O3/c1-13-11-22-7-5-19(13)14-9-15(18-16(21)10-14)20-6-8-23-12-17(20)3-2-4-17/h13-15H,2-12H2,1H3,(H,18,21)/t13-,14?,15?/m1/s1. The van der Waals surface area contributed by atoms with Crippen molar-refractivity contribution in [2.45, 2.75) is 62.8 Å². The van der Waals surface area contributed by atoms with Crippen LogP contribution < -0.4 is 5.32 Å². The molecule has 2 unspecified atom stereocenters. The summed E-state index contributed by atoms with van der Waals surface area (Å²) in [5.74, 6) is 0.200. The second-order valence-electron chi connectivity index (χ2n) is 7.66. The normalized spacial score (nSPS) is 39.0. The molecule has 1 spiro atoms. The predicted molar refractivity (Wildman–Crippen MR) is 86.0 cm³/mol. The highest BCUT2D eigenvalue weighted by atomic mass is 16.5. The summed E-state index contributed by atoms with van der Waals surface area (Å²) in [6, 6.07) is 0.746. The maximum Gasteiger partial charge on any atom is 0.222 e. The van der Waals surface area contributed by atoms with Gasteiger partial charge in [-0.2, -0.15) is 0 Å². The Hall–Kier alpha value is -0.690. The van der Waals surface area contributed by atoms with Gasteiger partial charge in [-0.15, -0.1) is 0 Å². The third-order valence-electron chi connectivity index (χ3n) is 6.25. The van der Waals surface area contributed by atoms with Crippen LogP contribution in [-0.2, 0) is 14.3 Å². The van der Waals surface area contributed by atoms with Crippen molar-refractivity contribution in [2.24, 2.45) is 0 Å². The van der Waals surface area contributed by atoms with Crippen LogP contribution in [0.1, 0.15) is 39.0 Å². The lowest BCUT2D eigenvalue weighted by atomic mass is 9.74. The topological polar surface area (TPSA) is 54.0 Å². The summed E-state index contributed by atoms with van der Waals surface area (Å²) in [6.07, 6.45) is 5.51. The minimum Gasteiger partial charge on any atom is -0.379 e. The molecule has 4 aliphatic rings. The zero-order chi connectivity index (χ0) is 15.9. The highest BCUT2D eigenvalue weighted by Crippen LogP contribution is 2.41. The van der Waals surface area contributed by atoms with E-state index in [0.29, 0.717) is 18.5 Å². The number of hydrogen-bond donors (Lipinski definition) is 1. The van der Waals surface area contributed by atoms with Crippen molar-refractivity contribution >= 4 is 5.91 Å². The first-order valence-electron chi connectivity index (χ1n) is 9.15. The summed E-state index contributed by atoms with van der Waals surface area (Å²) in [4.78, 5) is 17.4. The van der Waals surface area contributed by atoms with Crippen molar-refractivity contribution < 1.29 is 14.3 Å². The minimum absolute atomic E-state index is 0.167. The summed E-state index contributed by atoms with van der Waals surface area (Å²) in [7, 11) is 0. The average molecular weight is 323 g/mol. The average Bonchev–Trinajstić information content (AvgIpc) is 2.53. The Morgan fingerprint density at radius 2 is 2.04 bits per heavy atom. The number of nitrogens with one attached hydrogen (secondary N) is 1. The molecule has 1 saturated carbocycles. The molecule has 1 N–H and O–H groups in total. The largest absolute Gasteiger partial charge is 0.379 e. The third-order valence-corrected chi connectivity index (χ3v) is 6.25. The van der Waals surface area contributed by atoms with Crippen LogP contribution in [-0.4, -0.2) is 79.0 Å². The number of nitrogens with zero attached hydrogens (tertiary/aromatic N) is 2. The molecular weight excluding hydrogens is 294 g/mol. The number of carbonyl (C=O) groups is 1. The fraction of sp³-hybridized carbons (Fsp3) is 0.941. The second kappa shape index (κ2) is 6.31. The zero-order valence-corrected chi connectivity index (χ0v) is 14.1. The van der Waals surface area contributed by atoms with Gasteiger partial charge in [-0.25, -0.2) is 0 Å². The lowest BCUT2D eigenvalue weighted by Gasteiger charge is -2.57. The summed E-state index contributed by atoms with van der Waals surface area (Å²) < 4.78 is 11.3. The molecule has 3 aliphatic heterocycles. The molecule has 0 aromatic carbocycles. The summed E-state index contributed by atoms with van der Waals surface area (Å²) >= 11 is 0. The summed E-state index contributed by atoms with van der Waals surface area (Å²) in [5.41, 5.74) is 0.189. The molecule has 23 heavy (non-hydrogen) atoms. The molecule has 0 radical (unpaired) electrons. The molecule has 0 aromatic heterocycles. The molecule has 3 heterocycles. The van der Waals surface area contributed by atoms with Gasteiger partial charge in [-0.05, 0) is 32.6 Å². The number of morpholine rings is 2. The Balaban J connectivity index is 1.49. The molecule has 1 amide bonds. The van der Waals surface area contributed by atoms with E-state index >= 15 is 0 Å². The first-order chi connectivity index (χ1) is 11.2. The molecule has 3 atom stereocenters. The van der Waals surface area contributed by atoms with Crippen LogP contribution in [0.2, 0.25) is 0 Å². The second-order valence-corrected chi connectivity index (χ2v) is 7.66. The van der Waals surface area contributed by atoms with E-state index in [1.54, 1.807) is 0 Å². The predicted octanol–water partition coefficient (Wildman–Crippen LogP) is 0.567. The Labute approximate surface area is 138 Å². The van der Waals surface area contributed by atoms with Gasteiger partial charge in [0.05, 0.1) is 32.6 Å². The smallest absolute Gasteiger partial charge is 0.222 e. The zero-order valence-electron chi connectivity index (χ0n) is 14.1. The van der Waals surface area contributed by atoms with Crippen molar-refractivity contribution in [3.63, 3.8) is 0 Å². The quantitative estimate of drug-likeness (QED) is 0.805. The van der Waals surface area contributed by atoms with Crippen LogP contribution in [0.25, 0.3) is 0 Å². The van der Waals surface area contributed by atoms with Crippen molar-refractivity contribution in [3.05, 3.63) is 0 Å². The molecule has 3 saturated heterocycles. The molecular formula is C17H29N3O3. The molecule has 0 bridgehead atoms. The molecule has 0 aromatic rings. The third kappa shape index (κ3) is 2.90. The minimum atomic E-state index is 0.167. The van der Waals surface area contributed by atoms with Gasteiger partial charge in [0.2, 0.25) is 5.91 Å². The SMILES string of the molecule is C[C@@H]1COCCN1C1CC(=O)NC(N2CCOCC23CCC3)C1. The van der Waals surface area contributed by atoms with E-state index in [0.717, 1.165) is 45.9 Å². The first-order valence-corrected chi connectivity index (χ1v) is 9.15. The number of carbonyl (C=O) groups excluding carboxylic acids is 1. The van der Waals surface area contributed by atoms with E-state index in [1.807, 2.05) is 0 Å². The number of piperidine rings is 1. The van der Waals surface area contributed by atoms with Crippen molar-refractivity contribution in [1.82, 2.24) is 15.1 Å². The molecule has 130 valence electrons. The van der Waals surface area contributed by atoms with E-state index in [1.165, 1.54) is 19.3 Å². The molecule has 1 aliphatic carbocycles. The van der Waals surface area contributed by atoms with Gasteiger partial charge in [0.1, 0.15) is 0 Å². The Morgan fingerprint density at radius 1 is 1.22 bits per heavy atom. The first kappa shape index (κ1) is 15.8. The number of ether oxygens (including phenoxy) is 2. The van der Waals surface area contributed by atoms with Gasteiger partial charge in [0.25, 0.3) is 0 Å². The maximum absolute atomic E-state index is 12.4. The van der Waals surface area contributed by atoms with E-state index in [9.17, 15) is 4.79 Å². The van der Waals surface area contributed by atoms with Gasteiger partial charge in [-0.3, -0.25) is 14.6 Å². The van der Waals surface area contributed by atoms with Crippen LogP contribution in [0.4, 0.5) is 0 Å². The van der Waals surface area contributed by atoms with Crippen molar-refractivity contribution in [2.75, 3.05) is 39.5 Å².